The molecule has 2 aromatic rings. The number of aliphatic hydroxyl groups is 1. The summed E-state index contributed by atoms with van der Waals surface area (Å²) in [4.78, 5) is 17.5. The van der Waals surface area contributed by atoms with Gasteiger partial charge in [0.15, 0.2) is 9.92 Å². The Hall–Kier alpha value is -1.81. The van der Waals surface area contributed by atoms with Gasteiger partial charge in [-0.15, -0.1) is 15.7 Å². The van der Waals surface area contributed by atoms with Crippen LogP contribution in [0.5, 0.6) is 0 Å². The number of anilines is 1. The maximum atomic E-state index is 12.9. The maximum absolute atomic E-state index is 12.9. The molecule has 0 radical (unpaired) electrons. The summed E-state index contributed by atoms with van der Waals surface area (Å²) in [5.41, 5.74) is 4.55. The van der Waals surface area contributed by atoms with Crippen molar-refractivity contribution in [1.82, 2.24) is 4.98 Å². The number of fused-ring (bicyclic) bond motifs is 2. The Kier molecular flexibility index (Phi) is 5.05. The van der Waals surface area contributed by atoms with Gasteiger partial charge in [0.1, 0.15) is 4.21 Å². The molecule has 2 heterocycles. The van der Waals surface area contributed by atoms with Crippen molar-refractivity contribution in [2.75, 3.05) is 5.32 Å². The molecule has 2 amide bonds. The van der Waals surface area contributed by atoms with Crippen LogP contribution in [0, 0.1) is 0 Å². The molecular formula is C20H26N4O3S2. The smallest absolute Gasteiger partial charge is 0.354 e. The van der Waals surface area contributed by atoms with Gasteiger partial charge < -0.3 is 10.4 Å². The number of carbonyl (C=O) groups is 1. The highest BCUT2D eigenvalue weighted by molar-refractivity contribution is 7.93. The number of nitrogens with one attached hydrogen (secondary N) is 1. The van der Waals surface area contributed by atoms with E-state index in [1.165, 1.54) is 0 Å². The molecule has 0 fully saturated rings. The Balaban J connectivity index is 1.66. The van der Waals surface area contributed by atoms with E-state index in [0.717, 1.165) is 71.6 Å². The molecule has 2 aliphatic carbocycles. The molecule has 2 atom stereocenters. The van der Waals surface area contributed by atoms with Crippen molar-refractivity contribution in [3.63, 3.8) is 0 Å². The number of hydrogen-bond donors (Lipinski definition) is 3. The summed E-state index contributed by atoms with van der Waals surface area (Å²) in [6.45, 7) is 5.42. The molecule has 4 N–H and O–H groups in total. The predicted octanol–water partition coefficient (Wildman–Crippen LogP) is 3.84. The Labute approximate surface area is 175 Å². The van der Waals surface area contributed by atoms with Crippen LogP contribution in [0.2, 0.25) is 0 Å². The second-order valence-corrected chi connectivity index (χ2v) is 11.3. The van der Waals surface area contributed by atoms with Crippen molar-refractivity contribution in [1.29, 1.82) is 0 Å². The molecule has 29 heavy (non-hydrogen) atoms. The molecule has 4 rings (SSSR count). The zero-order chi connectivity index (χ0) is 21.0. The first kappa shape index (κ1) is 20.5. The van der Waals surface area contributed by atoms with E-state index >= 15 is 0 Å². The highest BCUT2D eigenvalue weighted by Crippen LogP contribution is 2.41. The van der Waals surface area contributed by atoms with Gasteiger partial charge in [0, 0.05) is 11.4 Å². The predicted molar refractivity (Wildman–Crippen MR) is 115 cm³/mol. The largest absolute Gasteiger partial charge is 0.386 e. The number of pyridine rings is 1. The molecule has 0 saturated carbocycles. The van der Waals surface area contributed by atoms with Crippen LogP contribution >= 0.6 is 11.3 Å². The second kappa shape index (κ2) is 7.16. The third-order valence-electron chi connectivity index (χ3n) is 5.67. The lowest BCUT2D eigenvalue weighted by molar-refractivity contribution is 0.0789. The van der Waals surface area contributed by atoms with Gasteiger partial charge in [-0.25, -0.2) is 14.1 Å². The quantitative estimate of drug-likeness (QED) is 0.680. The average Bonchev–Trinajstić information content (AvgIpc) is 3.33. The lowest BCUT2D eigenvalue weighted by atomic mass is 10.0. The minimum Gasteiger partial charge on any atom is -0.386 e. The van der Waals surface area contributed by atoms with Gasteiger partial charge in [-0.2, -0.15) is 0 Å². The molecule has 2 aromatic heterocycles. The third kappa shape index (κ3) is 3.84. The molecule has 0 aromatic carbocycles. The van der Waals surface area contributed by atoms with Crippen LogP contribution in [0.1, 0.15) is 67.6 Å². The third-order valence-corrected chi connectivity index (χ3v) is 8.53. The molecular weight excluding hydrogens is 408 g/mol. The van der Waals surface area contributed by atoms with Crippen LogP contribution < -0.4 is 10.5 Å². The Bertz CT molecular complexity index is 1110. The summed E-state index contributed by atoms with van der Waals surface area (Å²) in [6.07, 6.45) is 4.68. The van der Waals surface area contributed by atoms with Crippen molar-refractivity contribution in [3.8, 4) is 0 Å². The van der Waals surface area contributed by atoms with Gasteiger partial charge in [0.2, 0.25) is 0 Å². The van der Waals surface area contributed by atoms with Crippen molar-refractivity contribution in [3.05, 3.63) is 39.5 Å². The summed E-state index contributed by atoms with van der Waals surface area (Å²) in [5.74, 6) is 0.369. The first-order valence-corrected chi connectivity index (χ1v) is 12.2. The molecule has 2 aliphatic rings. The number of nitrogens with two attached hydrogens (primary N) is 1. The van der Waals surface area contributed by atoms with E-state index in [0.29, 0.717) is 11.5 Å². The monoisotopic (exact) mass is 434 g/mol. The van der Waals surface area contributed by atoms with Gasteiger partial charge in [-0.3, -0.25) is 4.98 Å². The average molecular weight is 435 g/mol. The Morgan fingerprint density at radius 2 is 2.14 bits per heavy atom. The standard InChI is InChI=1S/C20H26N4O3S2/c1-11-7-8-14-17(11)22-15-6-4-5-13(15)18(14)23-19(25)24-29(21,27)16-9-12(10-28-16)20(2,3)26/h9-11,26H,4-8H2,1-3H3,(H3,21,22,23,24,25,27)/t11-,29?/m0/s1. The number of aryl methyl sites for hydroxylation is 1. The van der Waals surface area contributed by atoms with E-state index < -0.39 is 21.5 Å². The number of amides is 2. The topological polar surface area (TPSA) is 118 Å². The maximum Gasteiger partial charge on any atom is 0.354 e. The molecule has 1 unspecified atom stereocenters. The molecule has 0 bridgehead atoms. The second-order valence-electron chi connectivity index (χ2n) is 8.37. The normalized spacial score (nSPS) is 20.1. The Morgan fingerprint density at radius 3 is 2.83 bits per heavy atom. The number of aromatic nitrogens is 1. The molecule has 9 heteroatoms. The lowest BCUT2D eigenvalue weighted by Crippen LogP contribution is -2.19. The van der Waals surface area contributed by atoms with Crippen LogP contribution in [-0.4, -0.2) is 20.3 Å². The van der Waals surface area contributed by atoms with Crippen molar-refractivity contribution < 1.29 is 14.1 Å². The fraction of sp³-hybridized carbons (Fsp3) is 0.500. The van der Waals surface area contributed by atoms with E-state index in [4.69, 9.17) is 10.1 Å². The van der Waals surface area contributed by atoms with Crippen LogP contribution in [0.15, 0.2) is 20.0 Å². The number of hydrogen-bond acceptors (Lipinski definition) is 5. The summed E-state index contributed by atoms with van der Waals surface area (Å²) in [5, 5.41) is 20.6. The van der Waals surface area contributed by atoms with Crippen LogP contribution in [0.3, 0.4) is 0 Å². The minimum absolute atomic E-state index is 0.267. The highest BCUT2D eigenvalue weighted by Gasteiger charge is 2.30. The van der Waals surface area contributed by atoms with Gasteiger partial charge in [-0.1, -0.05) is 6.92 Å². The number of thiophene rings is 1. The van der Waals surface area contributed by atoms with Gasteiger partial charge in [-0.05, 0) is 80.0 Å². The van der Waals surface area contributed by atoms with E-state index in [-0.39, 0.29) is 4.21 Å². The molecule has 0 saturated heterocycles. The fourth-order valence-corrected chi connectivity index (χ4v) is 6.32. The minimum atomic E-state index is -3.40. The summed E-state index contributed by atoms with van der Waals surface area (Å²) in [6, 6.07) is 0.839. The van der Waals surface area contributed by atoms with Crippen molar-refractivity contribution >= 4 is 33.0 Å². The van der Waals surface area contributed by atoms with Crippen LogP contribution in [-0.2, 0) is 34.8 Å². The van der Waals surface area contributed by atoms with E-state index in [9.17, 15) is 14.1 Å². The molecule has 156 valence electrons. The van der Waals surface area contributed by atoms with E-state index in [2.05, 4.69) is 16.6 Å². The first-order chi connectivity index (χ1) is 13.6. The first-order valence-electron chi connectivity index (χ1n) is 9.78. The number of carbonyl (C=O) groups excluding carboxylic acids is 1. The van der Waals surface area contributed by atoms with E-state index in [1.807, 2.05) is 0 Å². The number of urea groups is 1. The lowest BCUT2D eigenvalue weighted by Gasteiger charge is -2.15. The van der Waals surface area contributed by atoms with Crippen LogP contribution in [0.25, 0.3) is 0 Å². The van der Waals surface area contributed by atoms with Crippen molar-refractivity contribution in [2.45, 2.75) is 68.6 Å². The molecule has 0 aliphatic heterocycles. The summed E-state index contributed by atoms with van der Waals surface area (Å²) >= 11 is 1.13. The summed E-state index contributed by atoms with van der Waals surface area (Å²) < 4.78 is 17.0. The molecule has 7 nitrogen and oxygen atoms in total. The van der Waals surface area contributed by atoms with E-state index in [1.54, 1.807) is 25.3 Å². The van der Waals surface area contributed by atoms with Crippen molar-refractivity contribution in [2.24, 2.45) is 9.50 Å². The Morgan fingerprint density at radius 1 is 1.38 bits per heavy atom. The van der Waals surface area contributed by atoms with Crippen LogP contribution in [0.4, 0.5) is 10.5 Å². The zero-order valence-electron chi connectivity index (χ0n) is 16.8. The fourth-order valence-electron chi connectivity index (χ4n) is 4.04. The SMILES string of the molecule is C[C@H]1CCc2c1nc1c(c2NC(=O)N=S(N)(=O)c2cc(C(C)(C)O)cs2)CCC1. The number of nitrogens with zero attached hydrogens (tertiary/aromatic N) is 2. The van der Waals surface area contributed by atoms with Gasteiger partial charge in [0.25, 0.3) is 0 Å². The number of rotatable bonds is 3. The summed E-state index contributed by atoms with van der Waals surface area (Å²) in [7, 11) is -3.40. The van der Waals surface area contributed by atoms with Gasteiger partial charge in [0.05, 0.1) is 11.3 Å². The highest BCUT2D eigenvalue weighted by atomic mass is 32.2. The van der Waals surface area contributed by atoms with Gasteiger partial charge >= 0.3 is 6.03 Å². The molecule has 0 spiro atoms. The zero-order valence-corrected chi connectivity index (χ0v) is 18.5.